The summed E-state index contributed by atoms with van der Waals surface area (Å²) in [5.41, 5.74) is -0.291. The molecule has 1 aliphatic heterocycles. The molecule has 95 valence electrons. The van der Waals surface area contributed by atoms with E-state index < -0.39 is 11.7 Å². The molecule has 0 aromatic carbocycles. The molecule has 7 heteroatoms. The molecule has 0 bridgehead atoms. The fourth-order valence-corrected chi connectivity index (χ4v) is 1.88. The number of anilines is 1. The molecule has 0 amide bonds. The first-order valence-corrected chi connectivity index (χ1v) is 5.50. The predicted molar refractivity (Wildman–Crippen MR) is 61.7 cm³/mol. The van der Waals surface area contributed by atoms with E-state index >= 15 is 0 Å². The second-order valence-electron chi connectivity index (χ2n) is 3.93. The van der Waals surface area contributed by atoms with E-state index in [1.165, 1.54) is 12.6 Å². The van der Waals surface area contributed by atoms with Gasteiger partial charge < -0.3 is 10.0 Å². The molecular formula is C11H12FN4O2. The van der Waals surface area contributed by atoms with Gasteiger partial charge in [0.15, 0.2) is 0 Å². The van der Waals surface area contributed by atoms with E-state index in [4.69, 9.17) is 10.4 Å². The molecule has 1 aromatic heterocycles. The van der Waals surface area contributed by atoms with E-state index in [0.717, 1.165) is 4.68 Å². The maximum Gasteiger partial charge on any atom is 0.286 e. The van der Waals surface area contributed by atoms with Crippen molar-refractivity contribution in [3.05, 3.63) is 28.5 Å². The highest BCUT2D eigenvalue weighted by Gasteiger charge is 2.25. The predicted octanol–water partition coefficient (Wildman–Crippen LogP) is -0.530. The van der Waals surface area contributed by atoms with E-state index in [1.54, 1.807) is 4.90 Å². The number of aliphatic hydroxyl groups excluding tert-OH is 1. The fourth-order valence-electron chi connectivity index (χ4n) is 1.88. The van der Waals surface area contributed by atoms with Crippen molar-refractivity contribution in [2.75, 3.05) is 24.6 Å². The van der Waals surface area contributed by atoms with Crippen LogP contribution in [-0.4, -0.2) is 40.8 Å². The highest BCUT2D eigenvalue weighted by atomic mass is 19.1. The van der Waals surface area contributed by atoms with Gasteiger partial charge in [0.05, 0.1) is 25.0 Å². The number of halogens is 1. The van der Waals surface area contributed by atoms with Gasteiger partial charge in [-0.25, -0.2) is 9.07 Å². The lowest BCUT2D eigenvalue weighted by atomic mass is 10.2. The van der Waals surface area contributed by atoms with E-state index in [0.29, 0.717) is 12.2 Å². The SMILES string of the molecule is N#Cc1c(N2C[CH][C@H](F)C2)cnn(CCO)c1=O. The van der Waals surface area contributed by atoms with Crippen molar-refractivity contribution in [2.24, 2.45) is 0 Å². The highest BCUT2D eigenvalue weighted by molar-refractivity contribution is 5.58. The molecule has 1 atom stereocenters. The normalized spacial score (nSPS) is 18.9. The van der Waals surface area contributed by atoms with Crippen molar-refractivity contribution in [1.29, 1.82) is 5.26 Å². The largest absolute Gasteiger partial charge is 0.394 e. The number of alkyl halides is 1. The Kier molecular flexibility index (Phi) is 3.58. The average Bonchev–Trinajstić information content (AvgIpc) is 2.78. The van der Waals surface area contributed by atoms with Crippen LogP contribution >= 0.6 is 0 Å². The lowest BCUT2D eigenvalue weighted by molar-refractivity contribution is 0.266. The Hall–Kier alpha value is -1.94. The Labute approximate surface area is 103 Å². The summed E-state index contributed by atoms with van der Waals surface area (Å²) in [6.07, 6.45) is 1.78. The third-order valence-electron chi connectivity index (χ3n) is 2.76. The molecule has 1 aromatic rings. The van der Waals surface area contributed by atoms with Crippen LogP contribution in [0.2, 0.25) is 0 Å². The summed E-state index contributed by atoms with van der Waals surface area (Å²) < 4.78 is 14.1. The van der Waals surface area contributed by atoms with Crippen molar-refractivity contribution in [2.45, 2.75) is 12.7 Å². The summed E-state index contributed by atoms with van der Waals surface area (Å²) in [5.74, 6) is 0. The van der Waals surface area contributed by atoms with Gasteiger partial charge in [0.25, 0.3) is 5.56 Å². The standard InChI is InChI=1S/C11H12FN4O2/c12-8-1-2-15(7-8)10-6-14-16(3-4-17)11(18)9(10)5-13/h1,6,8,17H,2-4,7H2/t8-/m0/s1. The van der Waals surface area contributed by atoms with Crippen LogP contribution in [0.25, 0.3) is 0 Å². The van der Waals surface area contributed by atoms with Crippen LogP contribution in [0, 0.1) is 17.8 Å². The topological polar surface area (TPSA) is 82.2 Å². The Morgan fingerprint density at radius 1 is 1.67 bits per heavy atom. The first-order valence-electron chi connectivity index (χ1n) is 5.50. The van der Waals surface area contributed by atoms with Gasteiger partial charge in [-0.2, -0.15) is 10.4 Å². The van der Waals surface area contributed by atoms with Gasteiger partial charge in [-0.1, -0.05) is 0 Å². The molecule has 0 saturated carbocycles. The van der Waals surface area contributed by atoms with Crippen molar-refractivity contribution >= 4 is 5.69 Å². The van der Waals surface area contributed by atoms with Crippen LogP contribution in [0.5, 0.6) is 0 Å². The molecule has 1 aliphatic rings. The first kappa shape index (κ1) is 12.5. The van der Waals surface area contributed by atoms with Crippen LogP contribution in [0.1, 0.15) is 5.56 Å². The van der Waals surface area contributed by atoms with E-state index in [-0.39, 0.29) is 25.3 Å². The fraction of sp³-hybridized carbons (Fsp3) is 0.455. The number of nitrogens with zero attached hydrogens (tertiary/aromatic N) is 4. The maximum absolute atomic E-state index is 13.1. The lowest BCUT2D eigenvalue weighted by Crippen LogP contribution is -2.31. The molecule has 1 N–H and O–H groups in total. The summed E-state index contributed by atoms with van der Waals surface area (Å²) in [7, 11) is 0. The Morgan fingerprint density at radius 2 is 2.44 bits per heavy atom. The monoisotopic (exact) mass is 251 g/mol. The van der Waals surface area contributed by atoms with Crippen LogP contribution in [0.4, 0.5) is 10.1 Å². The number of aliphatic hydroxyl groups is 1. The zero-order valence-electron chi connectivity index (χ0n) is 9.58. The maximum atomic E-state index is 13.1. The number of aromatic nitrogens is 2. The number of nitriles is 1. The van der Waals surface area contributed by atoms with Gasteiger partial charge in [0.2, 0.25) is 0 Å². The summed E-state index contributed by atoms with van der Waals surface area (Å²) in [4.78, 5) is 13.5. The van der Waals surface area contributed by atoms with Gasteiger partial charge in [-0.15, -0.1) is 0 Å². The molecule has 1 radical (unpaired) electrons. The first-order chi connectivity index (χ1) is 8.67. The Morgan fingerprint density at radius 3 is 3.00 bits per heavy atom. The highest BCUT2D eigenvalue weighted by Crippen LogP contribution is 2.22. The minimum Gasteiger partial charge on any atom is -0.394 e. The van der Waals surface area contributed by atoms with Gasteiger partial charge >= 0.3 is 0 Å². The van der Waals surface area contributed by atoms with Crippen molar-refractivity contribution in [3.63, 3.8) is 0 Å². The Bertz CT molecular complexity index is 537. The number of rotatable bonds is 3. The van der Waals surface area contributed by atoms with Gasteiger partial charge in [-0.3, -0.25) is 4.79 Å². The molecule has 2 heterocycles. The van der Waals surface area contributed by atoms with Crippen LogP contribution < -0.4 is 10.5 Å². The lowest BCUT2D eigenvalue weighted by Gasteiger charge is -2.18. The van der Waals surface area contributed by atoms with E-state index in [2.05, 4.69) is 5.10 Å². The van der Waals surface area contributed by atoms with Crippen LogP contribution in [-0.2, 0) is 6.54 Å². The van der Waals surface area contributed by atoms with Crippen LogP contribution in [0.3, 0.4) is 0 Å². The minimum absolute atomic E-state index is 0.0334. The molecule has 18 heavy (non-hydrogen) atoms. The summed E-state index contributed by atoms with van der Waals surface area (Å²) >= 11 is 0. The molecule has 0 spiro atoms. The van der Waals surface area contributed by atoms with E-state index in [1.807, 2.05) is 6.07 Å². The summed E-state index contributed by atoms with van der Waals surface area (Å²) in [6.45, 7) is 0.271. The minimum atomic E-state index is -1.06. The molecule has 0 aliphatic carbocycles. The molecule has 1 fully saturated rings. The number of hydrogen-bond donors (Lipinski definition) is 1. The van der Waals surface area contributed by atoms with E-state index in [9.17, 15) is 9.18 Å². The third kappa shape index (κ3) is 2.19. The second kappa shape index (κ2) is 5.14. The summed E-state index contributed by atoms with van der Waals surface area (Å²) in [6, 6.07) is 1.82. The zero-order valence-corrected chi connectivity index (χ0v) is 9.58. The zero-order chi connectivity index (χ0) is 13.1. The summed E-state index contributed by atoms with van der Waals surface area (Å²) in [5, 5.41) is 21.7. The molecular weight excluding hydrogens is 239 g/mol. The van der Waals surface area contributed by atoms with Gasteiger partial charge in [0.1, 0.15) is 17.8 Å². The third-order valence-corrected chi connectivity index (χ3v) is 2.76. The average molecular weight is 251 g/mol. The second-order valence-corrected chi connectivity index (χ2v) is 3.93. The van der Waals surface area contributed by atoms with Crippen molar-refractivity contribution in [3.8, 4) is 6.07 Å². The molecule has 0 unspecified atom stereocenters. The number of hydrogen-bond acceptors (Lipinski definition) is 5. The van der Waals surface area contributed by atoms with Crippen molar-refractivity contribution < 1.29 is 9.50 Å². The van der Waals surface area contributed by atoms with Gasteiger partial charge in [-0.05, 0) is 0 Å². The molecule has 2 rings (SSSR count). The Balaban J connectivity index is 2.41. The van der Waals surface area contributed by atoms with Crippen molar-refractivity contribution in [1.82, 2.24) is 9.78 Å². The smallest absolute Gasteiger partial charge is 0.286 e. The molecule has 6 nitrogen and oxygen atoms in total. The molecule has 1 saturated heterocycles. The van der Waals surface area contributed by atoms with Crippen LogP contribution in [0.15, 0.2) is 11.0 Å². The quantitative estimate of drug-likeness (QED) is 0.781. The van der Waals surface area contributed by atoms with Gasteiger partial charge in [0, 0.05) is 19.5 Å².